The summed E-state index contributed by atoms with van der Waals surface area (Å²) in [7, 11) is 0. The molecule has 0 aliphatic heterocycles. The molecule has 0 radical (unpaired) electrons. The van der Waals surface area contributed by atoms with E-state index in [4.69, 9.17) is 9.84 Å². The number of carbonyl (C=O) groups excluding carboxylic acids is 2. The second kappa shape index (κ2) is 15.0. The van der Waals surface area contributed by atoms with Crippen LogP contribution in [0.3, 0.4) is 0 Å². The van der Waals surface area contributed by atoms with Gasteiger partial charge in [-0.05, 0) is 66.5 Å². The molecule has 0 aliphatic rings. The third kappa shape index (κ3) is 27.7. The average molecular weight is 300 g/mol. The van der Waals surface area contributed by atoms with Gasteiger partial charge >= 0.3 is 5.97 Å². The second-order valence-electron chi connectivity index (χ2n) is 5.41. The first-order valence-electron chi connectivity index (χ1n) is 6.92. The summed E-state index contributed by atoms with van der Waals surface area (Å²) in [4.78, 5) is 19.8. The van der Waals surface area contributed by atoms with Crippen LogP contribution in [0.5, 0.6) is 0 Å². The molecule has 124 valence electrons. The number of ketones is 1. The van der Waals surface area contributed by atoms with Crippen LogP contribution in [0.1, 0.15) is 62.3 Å². The van der Waals surface area contributed by atoms with E-state index in [9.17, 15) is 9.59 Å². The Labute approximate surface area is 129 Å². The Bertz CT molecular complexity index is 364. The third-order valence-corrected chi connectivity index (χ3v) is 2.44. The molecule has 0 heterocycles. The zero-order valence-corrected chi connectivity index (χ0v) is 15.1. The number of carbonyl (C=O) groups is 2. The highest BCUT2D eigenvalue weighted by atomic mass is 16.5. The van der Waals surface area contributed by atoms with Crippen molar-refractivity contribution >= 4 is 11.8 Å². The number of hydrogen-bond acceptors (Lipinski definition) is 4. The largest absolute Gasteiger partial charge is 0.461 e. The molecule has 4 heteroatoms. The Kier molecular flexibility index (Phi) is 17.5. The summed E-state index contributed by atoms with van der Waals surface area (Å²) >= 11 is 0. The Balaban J connectivity index is -0.000000256. The molecule has 0 saturated heterocycles. The number of Topliss-reactive ketones (excluding diaryl/α,β-unsaturated/α-hetero) is 1. The molecule has 4 nitrogen and oxygen atoms in total. The molecule has 0 rings (SSSR count). The molecule has 0 unspecified atom stereocenters. The summed E-state index contributed by atoms with van der Waals surface area (Å²) in [6, 6.07) is 0. The van der Waals surface area contributed by atoms with Crippen molar-refractivity contribution in [3.05, 3.63) is 22.3 Å². The third-order valence-electron chi connectivity index (χ3n) is 2.44. The van der Waals surface area contributed by atoms with Crippen molar-refractivity contribution < 1.29 is 19.4 Å². The van der Waals surface area contributed by atoms with E-state index in [1.807, 2.05) is 41.5 Å². The number of hydrogen-bond donors (Lipinski definition) is 1. The van der Waals surface area contributed by atoms with Crippen LogP contribution in [0.4, 0.5) is 0 Å². The van der Waals surface area contributed by atoms with Gasteiger partial charge in [-0.2, -0.15) is 0 Å². The van der Waals surface area contributed by atoms with E-state index >= 15 is 0 Å². The van der Waals surface area contributed by atoms with Crippen LogP contribution in [0.2, 0.25) is 0 Å². The number of esters is 1. The zero-order chi connectivity index (χ0) is 17.6. The molecule has 21 heavy (non-hydrogen) atoms. The van der Waals surface area contributed by atoms with Crippen molar-refractivity contribution in [2.24, 2.45) is 0 Å². The fraction of sp³-hybridized carbons (Fsp3) is 0.647. The molecule has 0 bridgehead atoms. The zero-order valence-electron chi connectivity index (χ0n) is 15.1. The van der Waals surface area contributed by atoms with Gasteiger partial charge in [0.1, 0.15) is 12.4 Å². The topological polar surface area (TPSA) is 63.6 Å². The lowest BCUT2D eigenvalue weighted by Gasteiger charge is -2.02. The number of ether oxygens (including phenoxy) is 1. The minimum atomic E-state index is -0.222. The maximum absolute atomic E-state index is 10.3. The minimum absolute atomic E-state index is 0.167. The molecule has 0 aromatic carbocycles. The standard InChI is InChI=1S/C8H14O2.C6H12O.C3H6O/c1-6(2)7(3)5-10-8(4)9;1-5(2)6(3)4-7;1-3(2)4/h5H2,1-4H3;7H,4H2,1-3H3;1-2H3. The van der Waals surface area contributed by atoms with E-state index in [1.54, 1.807) is 0 Å². The maximum Gasteiger partial charge on any atom is 0.302 e. The highest BCUT2D eigenvalue weighted by Gasteiger charge is 1.94. The van der Waals surface area contributed by atoms with Crippen LogP contribution in [-0.2, 0) is 14.3 Å². The smallest absolute Gasteiger partial charge is 0.302 e. The number of rotatable bonds is 3. The van der Waals surface area contributed by atoms with Crippen LogP contribution in [0.25, 0.3) is 0 Å². The van der Waals surface area contributed by atoms with Crippen molar-refractivity contribution in [3.8, 4) is 0 Å². The van der Waals surface area contributed by atoms with Crippen molar-refractivity contribution in [1.82, 2.24) is 0 Å². The highest BCUT2D eigenvalue weighted by molar-refractivity contribution is 5.72. The first-order valence-corrected chi connectivity index (χ1v) is 6.92. The molecule has 0 spiro atoms. The quantitative estimate of drug-likeness (QED) is 0.635. The average Bonchev–Trinajstić information content (AvgIpc) is 2.34. The van der Waals surface area contributed by atoms with E-state index in [0.29, 0.717) is 6.61 Å². The van der Waals surface area contributed by atoms with Crippen LogP contribution in [-0.4, -0.2) is 30.1 Å². The van der Waals surface area contributed by atoms with E-state index in [-0.39, 0.29) is 18.4 Å². The van der Waals surface area contributed by atoms with Crippen LogP contribution >= 0.6 is 0 Å². The summed E-state index contributed by atoms with van der Waals surface area (Å²) in [6.07, 6.45) is 0. The van der Waals surface area contributed by atoms with Gasteiger partial charge in [0.15, 0.2) is 0 Å². The lowest BCUT2D eigenvalue weighted by molar-refractivity contribution is -0.140. The van der Waals surface area contributed by atoms with Gasteiger partial charge < -0.3 is 14.6 Å². The van der Waals surface area contributed by atoms with Gasteiger partial charge in [-0.15, -0.1) is 0 Å². The van der Waals surface area contributed by atoms with Gasteiger partial charge in [0, 0.05) is 6.92 Å². The summed E-state index contributed by atoms with van der Waals surface area (Å²) in [5, 5.41) is 8.45. The summed E-state index contributed by atoms with van der Waals surface area (Å²) in [6.45, 7) is 17.0. The van der Waals surface area contributed by atoms with E-state index < -0.39 is 0 Å². The predicted octanol–water partition coefficient (Wildman–Crippen LogP) is 3.84. The number of allylic oxidation sites excluding steroid dienone is 2. The van der Waals surface area contributed by atoms with E-state index in [0.717, 1.165) is 11.1 Å². The Hall–Kier alpha value is -1.42. The predicted molar refractivity (Wildman–Crippen MR) is 88.2 cm³/mol. The van der Waals surface area contributed by atoms with Gasteiger partial charge in [0.2, 0.25) is 0 Å². The molecule has 0 aromatic heterocycles. The first-order chi connectivity index (χ1) is 9.45. The van der Waals surface area contributed by atoms with Crippen LogP contribution in [0.15, 0.2) is 22.3 Å². The Morgan fingerprint density at radius 1 is 0.762 bits per heavy atom. The number of aliphatic hydroxyl groups excluding tert-OH is 1. The fourth-order valence-electron chi connectivity index (χ4n) is 0.512. The van der Waals surface area contributed by atoms with Crippen LogP contribution < -0.4 is 0 Å². The molecule has 0 atom stereocenters. The fourth-order valence-corrected chi connectivity index (χ4v) is 0.512. The molecular weight excluding hydrogens is 268 g/mol. The maximum atomic E-state index is 10.3. The van der Waals surface area contributed by atoms with Crippen molar-refractivity contribution in [2.45, 2.75) is 62.3 Å². The SMILES string of the molecule is CC(=O)OCC(C)=C(C)C.CC(C)=C(C)CO.CC(C)=O. The van der Waals surface area contributed by atoms with Gasteiger partial charge in [-0.1, -0.05) is 11.1 Å². The van der Waals surface area contributed by atoms with Gasteiger partial charge in [0.25, 0.3) is 0 Å². The Morgan fingerprint density at radius 2 is 1.10 bits per heavy atom. The van der Waals surface area contributed by atoms with Gasteiger partial charge in [-0.3, -0.25) is 4.79 Å². The minimum Gasteiger partial charge on any atom is -0.461 e. The van der Waals surface area contributed by atoms with Crippen molar-refractivity contribution in [3.63, 3.8) is 0 Å². The van der Waals surface area contributed by atoms with Gasteiger partial charge in [-0.25, -0.2) is 0 Å². The molecule has 0 aromatic rings. The Morgan fingerprint density at radius 3 is 1.24 bits per heavy atom. The van der Waals surface area contributed by atoms with E-state index in [1.165, 1.54) is 31.9 Å². The first kappa shape index (κ1) is 24.6. The molecule has 0 aliphatic carbocycles. The molecule has 0 amide bonds. The summed E-state index contributed by atoms with van der Waals surface area (Å²) in [5.74, 6) is -0.0550. The van der Waals surface area contributed by atoms with Crippen molar-refractivity contribution in [2.75, 3.05) is 13.2 Å². The molecule has 1 N–H and O–H groups in total. The lowest BCUT2D eigenvalue weighted by Crippen LogP contribution is -2.02. The summed E-state index contributed by atoms with van der Waals surface area (Å²) < 4.78 is 4.77. The number of aliphatic hydroxyl groups is 1. The second-order valence-corrected chi connectivity index (χ2v) is 5.41. The van der Waals surface area contributed by atoms with E-state index in [2.05, 4.69) is 0 Å². The van der Waals surface area contributed by atoms with Crippen molar-refractivity contribution in [1.29, 1.82) is 0 Å². The lowest BCUT2D eigenvalue weighted by atomic mass is 10.2. The normalized spacial score (nSPS) is 8.29. The molecule has 0 saturated carbocycles. The summed E-state index contributed by atoms with van der Waals surface area (Å²) in [5.41, 5.74) is 4.61. The highest BCUT2D eigenvalue weighted by Crippen LogP contribution is 2.01. The molecule has 0 fully saturated rings. The van der Waals surface area contributed by atoms with Crippen LogP contribution in [0, 0.1) is 0 Å². The van der Waals surface area contributed by atoms with Gasteiger partial charge in [0.05, 0.1) is 6.61 Å². The monoisotopic (exact) mass is 300 g/mol. The molecular formula is C17H32O4.